The molecule has 0 radical (unpaired) electrons. The minimum atomic E-state index is -0.281. The van der Waals surface area contributed by atoms with Crippen LogP contribution in [0.25, 0.3) is 0 Å². The summed E-state index contributed by atoms with van der Waals surface area (Å²) in [4.78, 5) is 19.1. The second kappa shape index (κ2) is 6.40. The van der Waals surface area contributed by atoms with Crippen molar-refractivity contribution in [1.82, 2.24) is 15.3 Å². The van der Waals surface area contributed by atoms with E-state index in [1.165, 1.54) is 12.4 Å². The molecule has 0 aliphatic rings. The SMILES string of the molecule is CC(C)OCCNC(=O)c1cnc(Cl)cn1. The topological polar surface area (TPSA) is 64.1 Å². The summed E-state index contributed by atoms with van der Waals surface area (Å²) in [5.41, 5.74) is 0.244. The first-order valence-corrected chi connectivity index (χ1v) is 5.34. The molecule has 0 atom stereocenters. The molecule has 1 aromatic heterocycles. The van der Waals surface area contributed by atoms with E-state index in [4.69, 9.17) is 16.3 Å². The van der Waals surface area contributed by atoms with Gasteiger partial charge in [-0.15, -0.1) is 0 Å². The smallest absolute Gasteiger partial charge is 0.271 e. The minimum Gasteiger partial charge on any atom is -0.377 e. The van der Waals surface area contributed by atoms with Crippen LogP contribution in [0.2, 0.25) is 5.15 Å². The van der Waals surface area contributed by atoms with Crippen LogP contribution in [0.4, 0.5) is 0 Å². The van der Waals surface area contributed by atoms with Crippen LogP contribution in [0.3, 0.4) is 0 Å². The monoisotopic (exact) mass is 243 g/mol. The van der Waals surface area contributed by atoms with Crippen LogP contribution in [0.15, 0.2) is 12.4 Å². The molecule has 0 saturated heterocycles. The van der Waals surface area contributed by atoms with E-state index in [0.29, 0.717) is 13.2 Å². The average molecular weight is 244 g/mol. The summed E-state index contributed by atoms with van der Waals surface area (Å²) >= 11 is 5.55. The molecule has 1 heterocycles. The molecular weight excluding hydrogens is 230 g/mol. The number of hydrogen-bond donors (Lipinski definition) is 1. The normalized spacial score (nSPS) is 10.5. The van der Waals surface area contributed by atoms with E-state index in [9.17, 15) is 4.79 Å². The molecule has 0 fully saturated rings. The number of halogens is 1. The Labute approximate surface area is 99.2 Å². The number of carbonyl (C=O) groups excluding carboxylic acids is 1. The average Bonchev–Trinajstić information content (AvgIpc) is 2.25. The molecule has 88 valence electrons. The van der Waals surface area contributed by atoms with Crippen LogP contribution in [0.5, 0.6) is 0 Å². The highest BCUT2D eigenvalue weighted by Crippen LogP contribution is 2.00. The fourth-order valence-electron chi connectivity index (χ4n) is 0.979. The lowest BCUT2D eigenvalue weighted by molar-refractivity contribution is 0.0744. The van der Waals surface area contributed by atoms with Crippen molar-refractivity contribution in [1.29, 1.82) is 0 Å². The van der Waals surface area contributed by atoms with Gasteiger partial charge in [0.1, 0.15) is 10.8 Å². The standard InChI is InChI=1S/C10H14ClN3O2/c1-7(2)16-4-3-12-10(15)8-5-14-9(11)6-13-8/h5-7H,3-4H2,1-2H3,(H,12,15). The Morgan fingerprint density at radius 3 is 2.81 bits per heavy atom. The van der Waals surface area contributed by atoms with Crippen molar-refractivity contribution in [2.45, 2.75) is 20.0 Å². The fraction of sp³-hybridized carbons (Fsp3) is 0.500. The molecule has 0 unspecified atom stereocenters. The van der Waals surface area contributed by atoms with Crippen LogP contribution in [-0.2, 0) is 4.74 Å². The van der Waals surface area contributed by atoms with E-state index in [0.717, 1.165) is 0 Å². The van der Waals surface area contributed by atoms with Gasteiger partial charge in [0.15, 0.2) is 0 Å². The van der Waals surface area contributed by atoms with Crippen LogP contribution >= 0.6 is 11.6 Å². The summed E-state index contributed by atoms with van der Waals surface area (Å²) in [6.45, 7) is 4.80. The van der Waals surface area contributed by atoms with E-state index < -0.39 is 0 Å². The molecule has 0 bridgehead atoms. The minimum absolute atomic E-state index is 0.159. The number of hydrogen-bond acceptors (Lipinski definition) is 4. The van der Waals surface area contributed by atoms with Gasteiger partial charge in [-0.25, -0.2) is 9.97 Å². The molecule has 5 nitrogen and oxygen atoms in total. The van der Waals surface area contributed by atoms with Crippen molar-refractivity contribution < 1.29 is 9.53 Å². The summed E-state index contributed by atoms with van der Waals surface area (Å²) in [5, 5.41) is 2.93. The quantitative estimate of drug-likeness (QED) is 0.792. The second-order valence-corrected chi connectivity index (χ2v) is 3.79. The van der Waals surface area contributed by atoms with Crippen molar-refractivity contribution in [3.05, 3.63) is 23.2 Å². The molecule has 6 heteroatoms. The number of carbonyl (C=O) groups is 1. The van der Waals surface area contributed by atoms with Crippen LogP contribution in [0.1, 0.15) is 24.3 Å². The van der Waals surface area contributed by atoms with Gasteiger partial charge in [0, 0.05) is 6.54 Å². The highest BCUT2D eigenvalue weighted by molar-refractivity contribution is 6.29. The first-order chi connectivity index (χ1) is 7.59. The Bertz CT molecular complexity index is 340. The predicted octanol–water partition coefficient (Wildman–Crippen LogP) is 1.28. The molecule has 1 amide bonds. The van der Waals surface area contributed by atoms with E-state index in [1.54, 1.807) is 0 Å². The van der Waals surface area contributed by atoms with E-state index in [2.05, 4.69) is 15.3 Å². The molecule has 0 saturated carbocycles. The van der Waals surface area contributed by atoms with Gasteiger partial charge in [-0.05, 0) is 13.8 Å². The molecule has 16 heavy (non-hydrogen) atoms. The number of rotatable bonds is 5. The Kier molecular flexibility index (Phi) is 5.14. The molecule has 0 aliphatic heterocycles. The van der Waals surface area contributed by atoms with E-state index >= 15 is 0 Å². The Balaban J connectivity index is 2.32. The number of amides is 1. The lowest BCUT2D eigenvalue weighted by Crippen LogP contribution is -2.28. The maximum atomic E-state index is 11.5. The van der Waals surface area contributed by atoms with Gasteiger partial charge in [0.05, 0.1) is 25.1 Å². The van der Waals surface area contributed by atoms with Crippen LogP contribution in [0, 0.1) is 0 Å². The van der Waals surface area contributed by atoms with Crippen molar-refractivity contribution in [3.8, 4) is 0 Å². The number of nitrogens with one attached hydrogen (secondary N) is 1. The third kappa shape index (κ3) is 4.55. The van der Waals surface area contributed by atoms with Gasteiger partial charge in [-0.1, -0.05) is 11.6 Å². The number of aromatic nitrogens is 2. The highest BCUT2D eigenvalue weighted by Gasteiger charge is 2.06. The third-order valence-corrected chi connectivity index (χ3v) is 1.89. The first-order valence-electron chi connectivity index (χ1n) is 4.97. The number of nitrogens with zero attached hydrogens (tertiary/aromatic N) is 2. The summed E-state index contributed by atoms with van der Waals surface area (Å²) in [6, 6.07) is 0. The van der Waals surface area contributed by atoms with Gasteiger partial charge in [-0.3, -0.25) is 4.79 Å². The third-order valence-electron chi connectivity index (χ3n) is 1.69. The first kappa shape index (κ1) is 12.9. The Morgan fingerprint density at radius 2 is 2.25 bits per heavy atom. The van der Waals surface area contributed by atoms with Gasteiger partial charge < -0.3 is 10.1 Å². The molecule has 1 rings (SSSR count). The van der Waals surface area contributed by atoms with Gasteiger partial charge in [0.2, 0.25) is 0 Å². The summed E-state index contributed by atoms with van der Waals surface area (Å²) in [7, 11) is 0. The summed E-state index contributed by atoms with van der Waals surface area (Å²) < 4.78 is 5.28. The lowest BCUT2D eigenvalue weighted by atomic mass is 10.4. The Morgan fingerprint density at radius 1 is 1.50 bits per heavy atom. The zero-order chi connectivity index (χ0) is 12.0. The maximum Gasteiger partial charge on any atom is 0.271 e. The second-order valence-electron chi connectivity index (χ2n) is 3.40. The predicted molar refractivity (Wildman–Crippen MR) is 60.5 cm³/mol. The van der Waals surface area contributed by atoms with Crippen molar-refractivity contribution in [2.24, 2.45) is 0 Å². The summed E-state index contributed by atoms with van der Waals surface area (Å²) in [6.07, 6.45) is 2.83. The van der Waals surface area contributed by atoms with Gasteiger partial charge >= 0.3 is 0 Å². The highest BCUT2D eigenvalue weighted by atomic mass is 35.5. The van der Waals surface area contributed by atoms with Crippen molar-refractivity contribution in [2.75, 3.05) is 13.2 Å². The van der Waals surface area contributed by atoms with Gasteiger partial charge in [-0.2, -0.15) is 0 Å². The zero-order valence-corrected chi connectivity index (χ0v) is 9.99. The Hall–Kier alpha value is -1.20. The molecule has 0 aliphatic carbocycles. The molecule has 1 aromatic rings. The lowest BCUT2D eigenvalue weighted by Gasteiger charge is -2.08. The van der Waals surface area contributed by atoms with Crippen LogP contribution in [-0.4, -0.2) is 35.1 Å². The van der Waals surface area contributed by atoms with E-state index in [-0.39, 0.29) is 22.9 Å². The van der Waals surface area contributed by atoms with Crippen LogP contribution < -0.4 is 5.32 Å². The summed E-state index contributed by atoms with van der Waals surface area (Å²) in [5.74, 6) is -0.281. The van der Waals surface area contributed by atoms with Gasteiger partial charge in [0.25, 0.3) is 5.91 Å². The maximum absolute atomic E-state index is 11.5. The molecule has 0 spiro atoms. The number of ether oxygens (including phenoxy) is 1. The zero-order valence-electron chi connectivity index (χ0n) is 9.24. The van der Waals surface area contributed by atoms with Crippen molar-refractivity contribution in [3.63, 3.8) is 0 Å². The molecular formula is C10H14ClN3O2. The van der Waals surface area contributed by atoms with E-state index in [1.807, 2.05) is 13.8 Å². The fourth-order valence-corrected chi connectivity index (χ4v) is 1.08. The molecule has 1 N–H and O–H groups in total. The largest absolute Gasteiger partial charge is 0.377 e. The van der Waals surface area contributed by atoms with Crippen molar-refractivity contribution >= 4 is 17.5 Å². The molecule has 0 aromatic carbocycles.